The molecule has 146 valence electrons. The number of nitriles is 1. The van der Waals surface area contributed by atoms with Crippen LogP contribution in [0.1, 0.15) is 36.8 Å². The molecule has 0 spiro atoms. The quantitative estimate of drug-likeness (QED) is 0.783. The Morgan fingerprint density at radius 1 is 1.00 bits per heavy atom. The van der Waals surface area contributed by atoms with Crippen molar-refractivity contribution in [3.8, 4) is 6.07 Å². The number of piperazine rings is 1. The van der Waals surface area contributed by atoms with Gasteiger partial charge in [-0.05, 0) is 55.8 Å². The maximum Gasteiger partial charge on any atom is 0.0995 e. The number of anilines is 2. The van der Waals surface area contributed by atoms with E-state index in [4.69, 9.17) is 0 Å². The summed E-state index contributed by atoms with van der Waals surface area (Å²) >= 11 is 0. The third-order valence-electron chi connectivity index (χ3n) is 6.27. The van der Waals surface area contributed by atoms with Crippen LogP contribution in [0.3, 0.4) is 0 Å². The largest absolute Gasteiger partial charge is 0.369 e. The Kier molecular flexibility index (Phi) is 5.83. The van der Waals surface area contributed by atoms with E-state index in [1.54, 1.807) is 0 Å². The number of hydrogen-bond acceptors (Lipinski definition) is 4. The summed E-state index contributed by atoms with van der Waals surface area (Å²) in [7, 11) is 2.18. The molecule has 0 radical (unpaired) electrons. The van der Waals surface area contributed by atoms with E-state index in [2.05, 4.69) is 70.3 Å². The van der Waals surface area contributed by atoms with Crippen LogP contribution >= 0.6 is 0 Å². The van der Waals surface area contributed by atoms with E-state index in [0.717, 1.165) is 43.9 Å². The first-order valence-corrected chi connectivity index (χ1v) is 10.5. The molecule has 0 aromatic heterocycles. The van der Waals surface area contributed by atoms with Gasteiger partial charge in [0.25, 0.3) is 0 Å². The van der Waals surface area contributed by atoms with Crippen LogP contribution in [0.25, 0.3) is 0 Å². The fourth-order valence-corrected chi connectivity index (χ4v) is 4.53. The van der Waals surface area contributed by atoms with Crippen LogP contribution in [0.2, 0.25) is 0 Å². The molecule has 0 bridgehead atoms. The highest BCUT2D eigenvalue weighted by Gasteiger charge is 2.24. The third-order valence-corrected chi connectivity index (χ3v) is 6.27. The number of hydrogen-bond donors (Lipinski definition) is 0. The van der Waals surface area contributed by atoms with Crippen molar-refractivity contribution in [1.82, 2.24) is 4.90 Å². The highest BCUT2D eigenvalue weighted by Crippen LogP contribution is 2.31. The predicted octanol–water partition coefficient (Wildman–Crippen LogP) is 4.26. The molecule has 2 aromatic rings. The first-order chi connectivity index (χ1) is 13.7. The Morgan fingerprint density at radius 3 is 2.39 bits per heavy atom. The van der Waals surface area contributed by atoms with Gasteiger partial charge in [-0.3, -0.25) is 0 Å². The normalized spacial score (nSPS) is 18.2. The van der Waals surface area contributed by atoms with Crippen LogP contribution in [0.4, 0.5) is 11.4 Å². The third kappa shape index (κ3) is 4.15. The Bertz CT molecular complexity index is 812. The van der Waals surface area contributed by atoms with E-state index in [9.17, 15) is 5.26 Å². The molecule has 0 atom stereocenters. The molecule has 2 aliphatic rings. The highest BCUT2D eigenvalue weighted by molar-refractivity contribution is 5.56. The van der Waals surface area contributed by atoms with Crippen molar-refractivity contribution in [1.29, 1.82) is 5.26 Å². The summed E-state index contributed by atoms with van der Waals surface area (Å²) in [5.74, 6) is 0. The van der Waals surface area contributed by atoms with Crippen molar-refractivity contribution >= 4 is 11.4 Å². The molecular weight excluding hydrogens is 344 g/mol. The summed E-state index contributed by atoms with van der Waals surface area (Å²) in [6, 6.07) is 20.1. The molecule has 4 heteroatoms. The van der Waals surface area contributed by atoms with Gasteiger partial charge in [-0.2, -0.15) is 5.26 Å². The lowest BCUT2D eigenvalue weighted by atomic mass is 10.0. The molecule has 1 saturated heterocycles. The van der Waals surface area contributed by atoms with E-state index in [0.29, 0.717) is 6.04 Å². The molecule has 28 heavy (non-hydrogen) atoms. The first-order valence-electron chi connectivity index (χ1n) is 10.5. The lowest BCUT2D eigenvalue weighted by Crippen LogP contribution is -2.44. The smallest absolute Gasteiger partial charge is 0.0995 e. The molecule has 4 rings (SSSR count). The van der Waals surface area contributed by atoms with Crippen molar-refractivity contribution in [2.24, 2.45) is 0 Å². The lowest BCUT2D eigenvalue weighted by molar-refractivity contribution is 0.313. The van der Waals surface area contributed by atoms with E-state index in [1.165, 1.54) is 37.1 Å². The minimum atomic E-state index is 0.571. The van der Waals surface area contributed by atoms with E-state index >= 15 is 0 Å². The predicted molar refractivity (Wildman–Crippen MR) is 116 cm³/mol. The van der Waals surface area contributed by atoms with Crippen LogP contribution in [0.5, 0.6) is 0 Å². The minimum Gasteiger partial charge on any atom is -0.369 e. The van der Waals surface area contributed by atoms with Gasteiger partial charge in [-0.15, -0.1) is 0 Å². The molecule has 1 aliphatic carbocycles. The van der Waals surface area contributed by atoms with Gasteiger partial charge in [-0.1, -0.05) is 31.0 Å². The van der Waals surface area contributed by atoms with E-state index in [-0.39, 0.29) is 0 Å². The van der Waals surface area contributed by atoms with Crippen molar-refractivity contribution in [3.05, 3.63) is 59.7 Å². The van der Waals surface area contributed by atoms with Crippen molar-refractivity contribution in [3.63, 3.8) is 0 Å². The van der Waals surface area contributed by atoms with Gasteiger partial charge in [0, 0.05) is 50.1 Å². The lowest BCUT2D eigenvalue weighted by Gasteiger charge is -2.35. The van der Waals surface area contributed by atoms with Gasteiger partial charge in [0.05, 0.1) is 11.6 Å². The average Bonchev–Trinajstić information content (AvgIpc) is 3.27. The van der Waals surface area contributed by atoms with Crippen LogP contribution in [-0.2, 0) is 6.54 Å². The summed E-state index contributed by atoms with van der Waals surface area (Å²) in [6.45, 7) is 5.08. The van der Waals surface area contributed by atoms with Crippen molar-refractivity contribution in [2.45, 2.75) is 38.3 Å². The zero-order valence-electron chi connectivity index (χ0n) is 16.8. The summed E-state index contributed by atoms with van der Waals surface area (Å²) in [5.41, 5.74) is 4.47. The zero-order valence-corrected chi connectivity index (χ0v) is 16.8. The van der Waals surface area contributed by atoms with Crippen molar-refractivity contribution in [2.75, 3.05) is 43.0 Å². The summed E-state index contributed by atoms with van der Waals surface area (Å²) in [5, 5.41) is 9.71. The zero-order chi connectivity index (χ0) is 19.3. The number of likely N-dealkylation sites (N-methyl/N-ethyl adjacent to an activating group) is 1. The molecular formula is C24H30N4. The van der Waals surface area contributed by atoms with Gasteiger partial charge in [-0.25, -0.2) is 0 Å². The van der Waals surface area contributed by atoms with Gasteiger partial charge in [0.1, 0.15) is 0 Å². The van der Waals surface area contributed by atoms with E-state index < -0.39 is 0 Å². The van der Waals surface area contributed by atoms with E-state index in [1.807, 2.05) is 6.07 Å². The second-order valence-corrected chi connectivity index (χ2v) is 8.15. The number of para-hydroxylation sites is 1. The number of rotatable bonds is 5. The molecule has 4 nitrogen and oxygen atoms in total. The summed E-state index contributed by atoms with van der Waals surface area (Å²) in [4.78, 5) is 7.35. The number of nitrogens with zero attached hydrogens (tertiary/aromatic N) is 4. The SMILES string of the molecule is CN1CCN(c2ccc(C#N)c(CN(c3ccccc3)C3CCCC3)c2)CC1. The standard InChI is InChI=1S/C24H30N4/c1-26-13-15-27(16-14-26)24-12-11-20(18-25)21(17-24)19-28(23-9-5-6-10-23)22-7-3-2-4-8-22/h2-4,7-8,11-12,17,23H,5-6,9-10,13-16,19H2,1H3. The number of benzene rings is 2. The molecule has 2 aromatic carbocycles. The summed E-state index contributed by atoms with van der Waals surface area (Å²) in [6.07, 6.45) is 5.10. The van der Waals surface area contributed by atoms with Crippen LogP contribution in [0, 0.1) is 11.3 Å². The average molecular weight is 375 g/mol. The molecule has 1 aliphatic heterocycles. The molecule has 0 amide bonds. The monoisotopic (exact) mass is 374 g/mol. The highest BCUT2D eigenvalue weighted by atomic mass is 15.2. The van der Waals surface area contributed by atoms with Gasteiger partial charge in [0.15, 0.2) is 0 Å². The Morgan fingerprint density at radius 2 is 1.71 bits per heavy atom. The van der Waals surface area contributed by atoms with Crippen LogP contribution < -0.4 is 9.80 Å². The molecule has 2 fully saturated rings. The van der Waals surface area contributed by atoms with Gasteiger partial charge < -0.3 is 14.7 Å². The second-order valence-electron chi connectivity index (χ2n) is 8.15. The second kappa shape index (κ2) is 8.67. The molecule has 0 unspecified atom stereocenters. The maximum atomic E-state index is 9.71. The Labute approximate surface area is 169 Å². The van der Waals surface area contributed by atoms with Crippen LogP contribution in [-0.4, -0.2) is 44.2 Å². The topological polar surface area (TPSA) is 33.5 Å². The molecule has 0 N–H and O–H groups in total. The molecule has 1 heterocycles. The first kappa shape index (κ1) is 18.8. The van der Waals surface area contributed by atoms with Gasteiger partial charge in [0.2, 0.25) is 0 Å². The maximum absolute atomic E-state index is 9.71. The fourth-order valence-electron chi connectivity index (χ4n) is 4.53. The summed E-state index contributed by atoms with van der Waals surface area (Å²) < 4.78 is 0. The Hall–Kier alpha value is -2.51. The molecule has 1 saturated carbocycles. The van der Waals surface area contributed by atoms with Crippen molar-refractivity contribution < 1.29 is 0 Å². The van der Waals surface area contributed by atoms with Gasteiger partial charge >= 0.3 is 0 Å². The Balaban J connectivity index is 1.62. The fraction of sp³-hybridized carbons (Fsp3) is 0.458. The minimum absolute atomic E-state index is 0.571. The van der Waals surface area contributed by atoms with Crippen LogP contribution in [0.15, 0.2) is 48.5 Å².